The summed E-state index contributed by atoms with van der Waals surface area (Å²) in [5.74, 6) is 0.139. The normalized spacial score (nSPS) is 25.7. The van der Waals surface area contributed by atoms with Crippen molar-refractivity contribution in [1.29, 1.82) is 0 Å². The van der Waals surface area contributed by atoms with Gasteiger partial charge in [0, 0.05) is 55.3 Å². The van der Waals surface area contributed by atoms with Gasteiger partial charge in [-0.05, 0) is 37.3 Å². The van der Waals surface area contributed by atoms with Gasteiger partial charge in [-0.2, -0.15) is 0 Å². The molecule has 0 saturated carbocycles. The molecule has 0 aliphatic carbocycles. The van der Waals surface area contributed by atoms with Crippen molar-refractivity contribution in [3.8, 4) is 0 Å². The molecule has 1 aromatic carbocycles. The number of anilines is 1. The number of fused-ring (bicyclic) bond motifs is 1. The van der Waals surface area contributed by atoms with Crippen LogP contribution in [0.15, 0.2) is 29.2 Å². The predicted molar refractivity (Wildman–Crippen MR) is 123 cm³/mol. The first-order chi connectivity index (χ1) is 15.5. The van der Waals surface area contributed by atoms with Crippen molar-refractivity contribution >= 4 is 35.3 Å². The van der Waals surface area contributed by atoms with Crippen molar-refractivity contribution in [2.75, 3.05) is 51.0 Å². The van der Waals surface area contributed by atoms with E-state index in [1.807, 2.05) is 35.4 Å². The first-order valence-corrected chi connectivity index (χ1v) is 12.4. The minimum absolute atomic E-state index is 0.00173. The van der Waals surface area contributed by atoms with E-state index in [0.717, 1.165) is 10.6 Å². The molecule has 3 saturated heterocycles. The molecule has 3 aliphatic rings. The maximum Gasteiger partial charge on any atom is 0.319 e. The zero-order valence-corrected chi connectivity index (χ0v) is 19.2. The molecule has 3 fully saturated rings. The number of rotatable bonds is 6. The van der Waals surface area contributed by atoms with Gasteiger partial charge in [-0.3, -0.25) is 14.5 Å². The fraction of sp³-hybridized carbons (Fsp3) is 0.591. The van der Waals surface area contributed by atoms with E-state index in [9.17, 15) is 14.4 Å². The molecule has 3 N–H and O–H groups in total. The second-order valence-electron chi connectivity index (χ2n) is 8.41. The van der Waals surface area contributed by atoms with Crippen molar-refractivity contribution in [1.82, 2.24) is 20.4 Å². The summed E-state index contributed by atoms with van der Waals surface area (Å²) >= 11 is 1.62. The Balaban J connectivity index is 1.30. The average Bonchev–Trinajstić information content (AvgIpc) is 3.23. The van der Waals surface area contributed by atoms with Crippen LogP contribution in [0.5, 0.6) is 0 Å². The SMILES string of the molecule is CSc1cccc(NC(=O)NC2CC3C(=O)NCC(CCC(=O)N4CCOCC4)N3C2)c1. The number of hydrogen-bond acceptors (Lipinski definition) is 6. The van der Waals surface area contributed by atoms with Crippen LogP contribution < -0.4 is 16.0 Å². The van der Waals surface area contributed by atoms with Crippen LogP contribution in [0.3, 0.4) is 0 Å². The van der Waals surface area contributed by atoms with Crippen molar-refractivity contribution in [2.24, 2.45) is 0 Å². The van der Waals surface area contributed by atoms with Gasteiger partial charge in [-0.15, -0.1) is 11.8 Å². The molecular formula is C22H31N5O4S. The van der Waals surface area contributed by atoms with Crippen LogP contribution in [0.4, 0.5) is 10.5 Å². The van der Waals surface area contributed by atoms with Crippen molar-refractivity contribution in [2.45, 2.75) is 42.3 Å². The number of amides is 4. The van der Waals surface area contributed by atoms with E-state index < -0.39 is 0 Å². The third-order valence-corrected chi connectivity index (χ3v) is 7.07. The Labute approximate surface area is 192 Å². The van der Waals surface area contributed by atoms with Crippen LogP contribution in [-0.2, 0) is 14.3 Å². The van der Waals surface area contributed by atoms with E-state index in [0.29, 0.717) is 58.7 Å². The quantitative estimate of drug-likeness (QED) is 0.549. The molecule has 0 bridgehead atoms. The number of piperazine rings is 1. The zero-order valence-electron chi connectivity index (χ0n) is 18.3. The van der Waals surface area contributed by atoms with Gasteiger partial charge in [0.25, 0.3) is 0 Å². The molecule has 1 aromatic rings. The first kappa shape index (κ1) is 22.9. The molecule has 3 aliphatic heterocycles. The van der Waals surface area contributed by atoms with E-state index in [1.165, 1.54) is 0 Å². The monoisotopic (exact) mass is 461 g/mol. The molecule has 9 nitrogen and oxygen atoms in total. The highest BCUT2D eigenvalue weighted by Gasteiger charge is 2.43. The standard InChI is InChI=1S/C22H31N5O4S/c1-32-18-4-2-3-15(11-18)24-22(30)25-16-12-19-21(29)23-13-17(27(19)14-16)5-6-20(28)26-7-9-31-10-8-26/h2-4,11,16-17,19H,5-10,12-14H2,1H3,(H,23,29)(H2,24,25,30). The Kier molecular flexibility index (Phi) is 7.54. The summed E-state index contributed by atoms with van der Waals surface area (Å²) in [4.78, 5) is 42.6. The Morgan fingerprint density at radius 2 is 2.09 bits per heavy atom. The number of benzene rings is 1. The van der Waals surface area contributed by atoms with Gasteiger partial charge in [-0.25, -0.2) is 4.79 Å². The van der Waals surface area contributed by atoms with E-state index in [1.54, 1.807) is 11.8 Å². The number of morpholine rings is 1. The van der Waals surface area contributed by atoms with Gasteiger partial charge in [0.2, 0.25) is 11.8 Å². The summed E-state index contributed by atoms with van der Waals surface area (Å²) in [7, 11) is 0. The molecule has 3 unspecified atom stereocenters. The molecular weight excluding hydrogens is 430 g/mol. The number of thioether (sulfide) groups is 1. The summed E-state index contributed by atoms with van der Waals surface area (Å²) in [5, 5.41) is 8.87. The fourth-order valence-electron chi connectivity index (χ4n) is 4.66. The lowest BCUT2D eigenvalue weighted by Crippen LogP contribution is -2.58. The van der Waals surface area contributed by atoms with Gasteiger partial charge >= 0.3 is 6.03 Å². The second-order valence-corrected chi connectivity index (χ2v) is 9.29. The average molecular weight is 462 g/mol. The second kappa shape index (κ2) is 10.5. The highest BCUT2D eigenvalue weighted by atomic mass is 32.2. The molecule has 10 heteroatoms. The summed E-state index contributed by atoms with van der Waals surface area (Å²) < 4.78 is 5.32. The van der Waals surface area contributed by atoms with E-state index in [4.69, 9.17) is 4.74 Å². The Morgan fingerprint density at radius 1 is 1.28 bits per heavy atom. The smallest absolute Gasteiger partial charge is 0.319 e. The summed E-state index contributed by atoms with van der Waals surface area (Å²) in [6.07, 6.45) is 3.70. The van der Waals surface area contributed by atoms with Crippen molar-refractivity contribution in [3.05, 3.63) is 24.3 Å². The minimum Gasteiger partial charge on any atom is -0.378 e. The highest BCUT2D eigenvalue weighted by Crippen LogP contribution is 2.26. The van der Waals surface area contributed by atoms with Crippen molar-refractivity contribution < 1.29 is 19.1 Å². The molecule has 174 valence electrons. The lowest BCUT2D eigenvalue weighted by Gasteiger charge is -2.37. The molecule has 32 heavy (non-hydrogen) atoms. The summed E-state index contributed by atoms with van der Waals surface area (Å²) in [6.45, 7) is 3.62. The van der Waals surface area contributed by atoms with Gasteiger partial charge in [0.15, 0.2) is 0 Å². The molecule has 0 spiro atoms. The molecule has 3 heterocycles. The first-order valence-electron chi connectivity index (χ1n) is 11.1. The summed E-state index contributed by atoms with van der Waals surface area (Å²) in [5.41, 5.74) is 0.738. The lowest BCUT2D eigenvalue weighted by atomic mass is 10.0. The number of urea groups is 1. The Hall–Kier alpha value is -2.30. The topological polar surface area (TPSA) is 103 Å². The molecule has 4 amide bonds. The van der Waals surface area contributed by atoms with Crippen molar-refractivity contribution in [3.63, 3.8) is 0 Å². The number of ether oxygens (including phenoxy) is 1. The maximum absolute atomic E-state index is 12.5. The van der Waals surface area contributed by atoms with Crippen LogP contribution in [0.1, 0.15) is 19.3 Å². The number of nitrogens with one attached hydrogen (secondary N) is 3. The van der Waals surface area contributed by atoms with Crippen LogP contribution >= 0.6 is 11.8 Å². The highest BCUT2D eigenvalue weighted by molar-refractivity contribution is 7.98. The third kappa shape index (κ3) is 5.54. The van der Waals surface area contributed by atoms with Crippen LogP contribution in [0.2, 0.25) is 0 Å². The van der Waals surface area contributed by atoms with Crippen LogP contribution in [0, 0.1) is 0 Å². The van der Waals surface area contributed by atoms with Crippen LogP contribution in [-0.4, -0.2) is 91.4 Å². The molecule has 3 atom stereocenters. The number of carbonyl (C=O) groups is 3. The maximum atomic E-state index is 12.5. The zero-order chi connectivity index (χ0) is 22.5. The number of nitrogens with zero attached hydrogens (tertiary/aromatic N) is 2. The lowest BCUT2D eigenvalue weighted by molar-refractivity contribution is -0.136. The molecule has 0 aromatic heterocycles. The van der Waals surface area contributed by atoms with Gasteiger partial charge < -0.3 is 25.6 Å². The molecule has 4 rings (SSSR count). The fourth-order valence-corrected chi connectivity index (χ4v) is 5.12. The summed E-state index contributed by atoms with van der Waals surface area (Å²) in [6, 6.07) is 7.12. The van der Waals surface area contributed by atoms with Gasteiger partial charge in [0.1, 0.15) is 0 Å². The van der Waals surface area contributed by atoms with Gasteiger partial charge in [-0.1, -0.05) is 6.07 Å². The van der Waals surface area contributed by atoms with E-state index in [-0.39, 0.29) is 36.0 Å². The number of hydrogen-bond donors (Lipinski definition) is 3. The van der Waals surface area contributed by atoms with Crippen LogP contribution in [0.25, 0.3) is 0 Å². The molecule has 0 radical (unpaired) electrons. The Bertz CT molecular complexity index is 847. The largest absolute Gasteiger partial charge is 0.378 e. The van der Waals surface area contributed by atoms with Gasteiger partial charge in [0.05, 0.1) is 19.3 Å². The third-order valence-electron chi connectivity index (χ3n) is 6.34. The number of carbonyl (C=O) groups excluding carboxylic acids is 3. The van der Waals surface area contributed by atoms with E-state index in [2.05, 4.69) is 20.9 Å². The minimum atomic E-state index is -0.271. The van der Waals surface area contributed by atoms with E-state index >= 15 is 0 Å². The Morgan fingerprint density at radius 3 is 2.88 bits per heavy atom. The predicted octanol–water partition coefficient (Wildman–Crippen LogP) is 1.11.